The molecule has 0 heterocycles. The van der Waals surface area contributed by atoms with Gasteiger partial charge in [-0.1, -0.05) is 6.07 Å². The molecule has 1 rings (SSSR count). The Labute approximate surface area is 65.4 Å². The van der Waals surface area contributed by atoms with Gasteiger partial charge in [0.15, 0.2) is 0 Å². The summed E-state index contributed by atoms with van der Waals surface area (Å²) >= 11 is 1.72. The van der Waals surface area contributed by atoms with Crippen molar-refractivity contribution < 1.29 is 4.74 Å². The summed E-state index contributed by atoms with van der Waals surface area (Å²) in [5.41, 5.74) is 0. The van der Waals surface area contributed by atoms with E-state index in [4.69, 9.17) is 4.74 Å². The summed E-state index contributed by atoms with van der Waals surface area (Å²) in [6.07, 6.45) is 2.05. The fraction of sp³-hybridized carbons (Fsp3) is 0.250. The van der Waals surface area contributed by atoms with E-state index in [1.54, 1.807) is 18.9 Å². The predicted octanol–water partition coefficient (Wildman–Crippen LogP) is 2.42. The molecule has 0 spiro atoms. The lowest BCUT2D eigenvalue weighted by atomic mass is 10.3. The third-order valence-electron chi connectivity index (χ3n) is 1.28. The monoisotopic (exact) mass is 154 g/mol. The molecule has 1 nitrogen and oxygen atoms in total. The van der Waals surface area contributed by atoms with Gasteiger partial charge in [-0.05, 0) is 24.5 Å². The zero-order valence-corrected chi connectivity index (χ0v) is 6.94. The van der Waals surface area contributed by atoms with Crippen molar-refractivity contribution in [1.82, 2.24) is 0 Å². The number of benzene rings is 1. The van der Waals surface area contributed by atoms with Crippen molar-refractivity contribution in [3.63, 3.8) is 0 Å². The van der Waals surface area contributed by atoms with E-state index in [1.165, 1.54) is 4.90 Å². The topological polar surface area (TPSA) is 9.23 Å². The van der Waals surface area contributed by atoms with Crippen molar-refractivity contribution >= 4 is 11.8 Å². The number of rotatable bonds is 2. The van der Waals surface area contributed by atoms with Crippen molar-refractivity contribution in [3.05, 3.63) is 24.3 Å². The van der Waals surface area contributed by atoms with Crippen LogP contribution in [0.5, 0.6) is 5.75 Å². The summed E-state index contributed by atoms with van der Waals surface area (Å²) in [6.45, 7) is 0. The fourth-order valence-electron chi connectivity index (χ4n) is 0.728. The quantitative estimate of drug-likeness (QED) is 0.605. The molecule has 0 amide bonds. The van der Waals surface area contributed by atoms with Gasteiger partial charge in [0.1, 0.15) is 5.75 Å². The molecular formula is C8H10OS. The first-order valence-corrected chi connectivity index (χ1v) is 4.27. The highest BCUT2D eigenvalue weighted by molar-refractivity contribution is 7.98. The predicted molar refractivity (Wildman–Crippen MR) is 44.8 cm³/mol. The van der Waals surface area contributed by atoms with E-state index in [-0.39, 0.29) is 0 Å². The second kappa shape index (κ2) is 3.52. The highest BCUT2D eigenvalue weighted by Gasteiger charge is 1.91. The molecule has 0 aliphatic carbocycles. The fourth-order valence-corrected chi connectivity index (χ4v) is 1.18. The molecule has 10 heavy (non-hydrogen) atoms. The summed E-state index contributed by atoms with van der Waals surface area (Å²) in [7, 11) is 1.68. The molecule has 0 aromatic heterocycles. The Morgan fingerprint density at radius 1 is 1.40 bits per heavy atom. The van der Waals surface area contributed by atoms with Crippen molar-refractivity contribution in [2.45, 2.75) is 4.90 Å². The van der Waals surface area contributed by atoms with E-state index in [0.717, 1.165) is 5.75 Å². The highest BCUT2D eigenvalue weighted by Crippen LogP contribution is 2.19. The highest BCUT2D eigenvalue weighted by atomic mass is 32.2. The summed E-state index contributed by atoms with van der Waals surface area (Å²) < 4.78 is 5.04. The molecule has 2 heteroatoms. The Bertz CT molecular complexity index is 191. The van der Waals surface area contributed by atoms with Crippen LogP contribution in [0.25, 0.3) is 0 Å². The van der Waals surface area contributed by atoms with Crippen LogP contribution < -0.4 is 4.74 Å². The largest absolute Gasteiger partial charge is 0.497 e. The maximum absolute atomic E-state index is 5.04. The maximum atomic E-state index is 5.04. The van der Waals surface area contributed by atoms with Gasteiger partial charge in [0.05, 0.1) is 7.11 Å². The standard InChI is InChI=1S/C8H10OS/c1-9-7-4-3-5-8(6-7)10-2/h3-6H,1-2H3. The minimum Gasteiger partial charge on any atom is -0.497 e. The first-order chi connectivity index (χ1) is 4.86. The van der Waals surface area contributed by atoms with Gasteiger partial charge in [-0.2, -0.15) is 0 Å². The number of thioether (sulfide) groups is 1. The minimum absolute atomic E-state index is 0.923. The molecule has 0 atom stereocenters. The zero-order chi connectivity index (χ0) is 7.40. The third kappa shape index (κ3) is 1.67. The third-order valence-corrected chi connectivity index (χ3v) is 2.00. The van der Waals surface area contributed by atoms with Gasteiger partial charge in [-0.25, -0.2) is 0 Å². The van der Waals surface area contributed by atoms with Crippen molar-refractivity contribution in [1.29, 1.82) is 0 Å². The second-order valence-electron chi connectivity index (χ2n) is 1.88. The Morgan fingerprint density at radius 2 is 2.20 bits per heavy atom. The first kappa shape index (κ1) is 7.48. The molecule has 0 saturated heterocycles. The molecule has 54 valence electrons. The lowest BCUT2D eigenvalue weighted by Gasteiger charge is -1.99. The first-order valence-electron chi connectivity index (χ1n) is 3.05. The lowest BCUT2D eigenvalue weighted by molar-refractivity contribution is 0.413. The van der Waals surface area contributed by atoms with Crippen LogP contribution in [-0.4, -0.2) is 13.4 Å². The van der Waals surface area contributed by atoms with Gasteiger partial charge in [-0.3, -0.25) is 0 Å². The minimum atomic E-state index is 0.923. The van der Waals surface area contributed by atoms with Gasteiger partial charge < -0.3 is 4.74 Å². The Balaban J connectivity index is 2.87. The van der Waals surface area contributed by atoms with E-state index >= 15 is 0 Å². The lowest BCUT2D eigenvalue weighted by Crippen LogP contribution is -1.81. The van der Waals surface area contributed by atoms with Gasteiger partial charge in [0.2, 0.25) is 0 Å². The van der Waals surface area contributed by atoms with E-state index in [9.17, 15) is 0 Å². The number of hydrogen-bond acceptors (Lipinski definition) is 2. The normalized spacial score (nSPS) is 9.40. The van der Waals surface area contributed by atoms with Crippen LogP contribution in [0.3, 0.4) is 0 Å². The Kier molecular flexibility index (Phi) is 2.63. The van der Waals surface area contributed by atoms with Crippen molar-refractivity contribution in [2.75, 3.05) is 13.4 Å². The molecule has 1 aromatic rings. The van der Waals surface area contributed by atoms with E-state index in [1.807, 2.05) is 18.2 Å². The SMILES string of the molecule is COc1cccc(SC)c1. The molecule has 0 fully saturated rings. The molecule has 1 aromatic carbocycles. The molecule has 0 unspecified atom stereocenters. The molecule has 0 aliphatic rings. The van der Waals surface area contributed by atoms with Gasteiger partial charge in [0.25, 0.3) is 0 Å². The Morgan fingerprint density at radius 3 is 2.80 bits per heavy atom. The van der Waals surface area contributed by atoms with Crippen LogP contribution in [0.15, 0.2) is 29.2 Å². The summed E-state index contributed by atoms with van der Waals surface area (Å²) in [5.74, 6) is 0.923. The second-order valence-corrected chi connectivity index (χ2v) is 2.76. The van der Waals surface area contributed by atoms with Crippen LogP contribution in [0.2, 0.25) is 0 Å². The van der Waals surface area contributed by atoms with Crippen molar-refractivity contribution in [3.8, 4) is 5.75 Å². The molecule has 0 saturated carbocycles. The smallest absolute Gasteiger partial charge is 0.119 e. The zero-order valence-electron chi connectivity index (χ0n) is 6.13. The number of hydrogen-bond donors (Lipinski definition) is 0. The average molecular weight is 154 g/mol. The van der Waals surface area contributed by atoms with Crippen LogP contribution in [0, 0.1) is 0 Å². The molecule has 0 N–H and O–H groups in total. The van der Waals surface area contributed by atoms with Crippen LogP contribution in [-0.2, 0) is 0 Å². The molecule has 0 radical (unpaired) electrons. The number of ether oxygens (including phenoxy) is 1. The molecule has 0 aliphatic heterocycles. The van der Waals surface area contributed by atoms with Crippen LogP contribution in [0.4, 0.5) is 0 Å². The van der Waals surface area contributed by atoms with Crippen LogP contribution in [0.1, 0.15) is 0 Å². The summed E-state index contributed by atoms with van der Waals surface area (Å²) in [6, 6.07) is 8.02. The van der Waals surface area contributed by atoms with Gasteiger partial charge in [-0.15, -0.1) is 11.8 Å². The summed E-state index contributed by atoms with van der Waals surface area (Å²) in [4.78, 5) is 1.24. The van der Waals surface area contributed by atoms with Gasteiger partial charge >= 0.3 is 0 Å². The van der Waals surface area contributed by atoms with E-state index in [2.05, 4.69) is 12.3 Å². The van der Waals surface area contributed by atoms with Crippen LogP contribution >= 0.6 is 11.8 Å². The number of methoxy groups -OCH3 is 1. The van der Waals surface area contributed by atoms with E-state index in [0.29, 0.717) is 0 Å². The molecular weight excluding hydrogens is 144 g/mol. The average Bonchev–Trinajstić information content (AvgIpc) is 2.05. The van der Waals surface area contributed by atoms with E-state index < -0.39 is 0 Å². The Hall–Kier alpha value is -0.630. The van der Waals surface area contributed by atoms with Gasteiger partial charge in [0, 0.05) is 4.90 Å². The summed E-state index contributed by atoms with van der Waals surface area (Å²) in [5, 5.41) is 0. The maximum Gasteiger partial charge on any atom is 0.119 e. The van der Waals surface area contributed by atoms with Crippen molar-refractivity contribution in [2.24, 2.45) is 0 Å². The molecule has 0 bridgehead atoms.